The van der Waals surface area contributed by atoms with Crippen molar-refractivity contribution in [3.05, 3.63) is 46.1 Å². The molecule has 0 bridgehead atoms. The monoisotopic (exact) mass is 290 g/mol. The number of phenolic OH excluding ortho intramolecular Hbond substituents is 1. The lowest BCUT2D eigenvalue weighted by molar-refractivity contribution is -0.389. The van der Waals surface area contributed by atoms with Crippen LogP contribution in [0.3, 0.4) is 0 Å². The third-order valence-corrected chi connectivity index (χ3v) is 3.00. The van der Waals surface area contributed by atoms with Gasteiger partial charge in [0.2, 0.25) is 0 Å². The Morgan fingerprint density at radius 3 is 2.71 bits per heavy atom. The van der Waals surface area contributed by atoms with Gasteiger partial charge in [-0.3, -0.25) is 4.79 Å². The molecule has 2 rings (SSSR count). The van der Waals surface area contributed by atoms with E-state index >= 15 is 0 Å². The molecule has 0 fully saturated rings. The number of rotatable bonds is 4. The maximum atomic E-state index is 12.1. The molecule has 2 aromatic rings. The second-order valence-electron chi connectivity index (χ2n) is 4.53. The van der Waals surface area contributed by atoms with E-state index in [1.165, 1.54) is 16.8 Å². The van der Waals surface area contributed by atoms with Gasteiger partial charge in [0.25, 0.3) is 5.91 Å². The number of carbonyl (C=O) groups is 1. The van der Waals surface area contributed by atoms with Gasteiger partial charge in [0.1, 0.15) is 11.8 Å². The van der Waals surface area contributed by atoms with Crippen molar-refractivity contribution < 1.29 is 14.8 Å². The molecule has 0 radical (unpaired) electrons. The summed E-state index contributed by atoms with van der Waals surface area (Å²) in [7, 11) is 0. The van der Waals surface area contributed by atoms with Crippen molar-refractivity contribution in [2.45, 2.75) is 19.9 Å². The van der Waals surface area contributed by atoms with Crippen LogP contribution < -0.4 is 5.32 Å². The van der Waals surface area contributed by atoms with E-state index in [9.17, 15) is 20.0 Å². The molecule has 8 heteroatoms. The highest BCUT2D eigenvalue weighted by molar-refractivity contribution is 5.94. The number of amides is 1. The summed E-state index contributed by atoms with van der Waals surface area (Å²) in [6, 6.07) is 6.85. The van der Waals surface area contributed by atoms with Crippen molar-refractivity contribution in [3.63, 3.8) is 0 Å². The fourth-order valence-corrected chi connectivity index (χ4v) is 1.88. The first-order valence-corrected chi connectivity index (χ1v) is 6.19. The van der Waals surface area contributed by atoms with Gasteiger partial charge >= 0.3 is 5.82 Å². The largest absolute Gasteiger partial charge is 0.506 e. The molecule has 1 unspecified atom stereocenters. The van der Waals surface area contributed by atoms with E-state index in [4.69, 9.17) is 0 Å². The Labute approximate surface area is 120 Å². The van der Waals surface area contributed by atoms with Crippen LogP contribution in [0, 0.1) is 17.0 Å². The Balaban J connectivity index is 2.20. The van der Waals surface area contributed by atoms with Crippen molar-refractivity contribution >= 4 is 17.4 Å². The predicted molar refractivity (Wildman–Crippen MR) is 75.1 cm³/mol. The van der Waals surface area contributed by atoms with E-state index in [0.717, 1.165) is 0 Å². The molecule has 1 heterocycles. The smallest absolute Gasteiger partial charge is 0.390 e. The Kier molecular flexibility index (Phi) is 3.88. The van der Waals surface area contributed by atoms with E-state index in [-0.39, 0.29) is 17.3 Å². The van der Waals surface area contributed by atoms with Crippen molar-refractivity contribution in [1.29, 1.82) is 0 Å². The molecule has 0 saturated heterocycles. The average molecular weight is 290 g/mol. The lowest BCUT2D eigenvalue weighted by Crippen LogP contribution is -2.25. The van der Waals surface area contributed by atoms with Crippen LogP contribution in [0.4, 0.5) is 11.5 Å². The van der Waals surface area contributed by atoms with Gasteiger partial charge in [0.15, 0.2) is 0 Å². The fraction of sp³-hybridized carbons (Fsp3) is 0.231. The molecule has 0 saturated carbocycles. The number of aromatic hydroxyl groups is 1. The number of nitrogens with zero attached hydrogens (tertiary/aromatic N) is 3. The van der Waals surface area contributed by atoms with Crippen LogP contribution in [0.5, 0.6) is 5.75 Å². The number of para-hydroxylation sites is 2. The number of benzene rings is 1. The Morgan fingerprint density at radius 1 is 1.48 bits per heavy atom. The van der Waals surface area contributed by atoms with Gasteiger partial charge in [-0.25, -0.2) is 0 Å². The van der Waals surface area contributed by atoms with E-state index in [0.29, 0.717) is 5.69 Å². The quantitative estimate of drug-likeness (QED) is 0.508. The number of aryl methyl sites for hydroxylation is 1. The average Bonchev–Trinajstić information content (AvgIpc) is 2.82. The summed E-state index contributed by atoms with van der Waals surface area (Å²) in [5.74, 6) is -0.798. The summed E-state index contributed by atoms with van der Waals surface area (Å²) < 4.78 is 1.27. The topological polar surface area (TPSA) is 110 Å². The number of nitrogens with one attached hydrogen (secondary N) is 1. The van der Waals surface area contributed by atoms with Gasteiger partial charge in [0.05, 0.1) is 22.5 Å². The number of phenols is 1. The second kappa shape index (κ2) is 5.61. The highest BCUT2D eigenvalue weighted by atomic mass is 16.6. The molecular formula is C13H14N4O4. The van der Waals surface area contributed by atoms with Crippen LogP contribution >= 0.6 is 0 Å². The maximum Gasteiger partial charge on any atom is 0.390 e. The minimum atomic E-state index is -0.752. The van der Waals surface area contributed by atoms with Crippen LogP contribution in [0.2, 0.25) is 0 Å². The van der Waals surface area contributed by atoms with E-state index in [2.05, 4.69) is 10.4 Å². The lowest BCUT2D eigenvalue weighted by atomic mass is 10.2. The summed E-state index contributed by atoms with van der Waals surface area (Å²) in [6.45, 7) is 3.20. The van der Waals surface area contributed by atoms with Gasteiger partial charge in [-0.15, -0.1) is 0 Å². The molecule has 0 aliphatic carbocycles. The van der Waals surface area contributed by atoms with Gasteiger partial charge < -0.3 is 20.5 Å². The molecule has 0 spiro atoms. The zero-order chi connectivity index (χ0) is 15.6. The van der Waals surface area contributed by atoms with Gasteiger partial charge in [0, 0.05) is 0 Å². The summed E-state index contributed by atoms with van der Waals surface area (Å²) in [4.78, 5) is 22.2. The molecule has 1 aromatic heterocycles. The molecular weight excluding hydrogens is 276 g/mol. The Hall–Kier alpha value is -2.90. The summed E-state index contributed by atoms with van der Waals surface area (Å²) in [6.07, 6.45) is 0. The standard InChI is InChI=1S/C13H14N4O4/c1-8-7-12(17(20)21)15-16(8)9(2)13(19)14-10-5-3-4-6-11(10)18/h3-7,9,18H,1-2H3,(H,14,19). The zero-order valence-corrected chi connectivity index (χ0v) is 11.5. The first-order chi connectivity index (χ1) is 9.90. The van der Waals surface area contributed by atoms with E-state index in [1.807, 2.05) is 0 Å². The molecule has 0 aliphatic heterocycles. The normalized spacial score (nSPS) is 11.9. The first kappa shape index (κ1) is 14.5. The third-order valence-electron chi connectivity index (χ3n) is 3.00. The summed E-state index contributed by atoms with van der Waals surface area (Å²) >= 11 is 0. The molecule has 1 atom stereocenters. The van der Waals surface area contributed by atoms with Crippen molar-refractivity contribution in [1.82, 2.24) is 9.78 Å². The first-order valence-electron chi connectivity index (χ1n) is 6.19. The van der Waals surface area contributed by atoms with Gasteiger partial charge in [-0.2, -0.15) is 4.68 Å². The molecule has 1 amide bonds. The van der Waals surface area contributed by atoms with Crippen LogP contribution in [0.15, 0.2) is 30.3 Å². The minimum absolute atomic E-state index is 0.0544. The third kappa shape index (κ3) is 2.99. The predicted octanol–water partition coefficient (Wildman–Crippen LogP) is 2.01. The molecule has 1 aromatic carbocycles. The maximum absolute atomic E-state index is 12.1. The van der Waals surface area contributed by atoms with Crippen molar-refractivity contribution in [2.24, 2.45) is 0 Å². The van der Waals surface area contributed by atoms with Crippen LogP contribution in [0.25, 0.3) is 0 Å². The molecule has 21 heavy (non-hydrogen) atoms. The number of anilines is 1. The number of nitro groups is 1. The second-order valence-corrected chi connectivity index (χ2v) is 4.53. The van der Waals surface area contributed by atoms with Crippen LogP contribution in [-0.2, 0) is 4.79 Å². The molecule has 110 valence electrons. The lowest BCUT2D eigenvalue weighted by Gasteiger charge is -2.12. The number of aromatic nitrogens is 2. The number of hydrogen-bond acceptors (Lipinski definition) is 5. The zero-order valence-electron chi connectivity index (χ0n) is 11.5. The summed E-state index contributed by atoms with van der Waals surface area (Å²) in [5.41, 5.74) is 0.773. The summed E-state index contributed by atoms with van der Waals surface area (Å²) in [5, 5.41) is 26.7. The van der Waals surface area contributed by atoms with E-state index < -0.39 is 16.9 Å². The van der Waals surface area contributed by atoms with Crippen molar-refractivity contribution in [2.75, 3.05) is 5.32 Å². The van der Waals surface area contributed by atoms with Crippen LogP contribution in [0.1, 0.15) is 18.7 Å². The van der Waals surface area contributed by atoms with Crippen LogP contribution in [-0.4, -0.2) is 25.7 Å². The highest BCUT2D eigenvalue weighted by Gasteiger charge is 2.24. The molecule has 8 nitrogen and oxygen atoms in total. The number of hydrogen-bond donors (Lipinski definition) is 2. The number of carbonyl (C=O) groups excluding carboxylic acids is 1. The Bertz CT molecular complexity index is 695. The highest BCUT2D eigenvalue weighted by Crippen LogP contribution is 2.23. The molecule has 2 N–H and O–H groups in total. The Morgan fingerprint density at radius 2 is 2.14 bits per heavy atom. The van der Waals surface area contributed by atoms with Crippen molar-refractivity contribution in [3.8, 4) is 5.75 Å². The van der Waals surface area contributed by atoms with Gasteiger partial charge in [-0.05, 0) is 30.9 Å². The van der Waals surface area contributed by atoms with E-state index in [1.54, 1.807) is 32.0 Å². The SMILES string of the molecule is Cc1cc([N+](=O)[O-])nn1C(C)C(=O)Nc1ccccc1O. The molecule has 0 aliphatic rings. The fourth-order valence-electron chi connectivity index (χ4n) is 1.88. The van der Waals surface area contributed by atoms with Gasteiger partial charge in [-0.1, -0.05) is 12.1 Å². The minimum Gasteiger partial charge on any atom is -0.506 e.